The van der Waals surface area contributed by atoms with Gasteiger partial charge in [-0.05, 0) is 5.56 Å². The van der Waals surface area contributed by atoms with Crippen LogP contribution in [0, 0.1) is 0 Å². The summed E-state index contributed by atoms with van der Waals surface area (Å²) in [6.07, 6.45) is 0.533. The second kappa shape index (κ2) is 4.33. The Hall–Kier alpha value is -0.870. The smallest absolute Gasteiger partial charge is 0.229 e. The minimum absolute atomic E-state index is 0.104. The number of hydrogen-bond acceptors (Lipinski definition) is 3. The summed E-state index contributed by atoms with van der Waals surface area (Å²) in [6, 6.07) is 10.0. The number of benzene rings is 1. The minimum Gasteiger partial charge on any atom is -0.301 e. The van der Waals surface area contributed by atoms with Crippen LogP contribution in [0.25, 0.3) is 0 Å². The Labute approximate surface area is 98.7 Å². The van der Waals surface area contributed by atoms with E-state index in [4.69, 9.17) is 12.2 Å². The van der Waals surface area contributed by atoms with Gasteiger partial charge in [-0.25, -0.2) is 0 Å². The van der Waals surface area contributed by atoms with Gasteiger partial charge >= 0.3 is 0 Å². The first-order valence-corrected chi connectivity index (χ1v) is 5.99. The molecule has 1 unspecified atom stereocenters. The fourth-order valence-corrected chi connectivity index (χ4v) is 2.97. The Bertz CT molecular complexity index is 373. The number of rotatable bonds is 1. The van der Waals surface area contributed by atoms with Gasteiger partial charge in [-0.15, -0.1) is 0 Å². The first-order valence-electron chi connectivity index (χ1n) is 4.70. The molecular formula is C11H11NOS2. The summed E-state index contributed by atoms with van der Waals surface area (Å²) in [5, 5.41) is 0.183. The summed E-state index contributed by atoms with van der Waals surface area (Å²) in [5.41, 5.74) is 1.17. The van der Waals surface area contributed by atoms with E-state index in [1.54, 1.807) is 23.7 Å². The van der Waals surface area contributed by atoms with Crippen LogP contribution in [0.5, 0.6) is 0 Å². The van der Waals surface area contributed by atoms with Crippen LogP contribution in [0.2, 0.25) is 0 Å². The largest absolute Gasteiger partial charge is 0.301 e. The molecule has 2 rings (SSSR count). The molecule has 0 aromatic heterocycles. The molecule has 1 aromatic carbocycles. The van der Waals surface area contributed by atoms with Gasteiger partial charge in [-0.1, -0.05) is 54.3 Å². The van der Waals surface area contributed by atoms with E-state index >= 15 is 0 Å². The highest BCUT2D eigenvalue weighted by Gasteiger charge is 2.28. The molecule has 1 amide bonds. The number of carbonyl (C=O) groups is 1. The summed E-state index contributed by atoms with van der Waals surface area (Å²) < 4.78 is 0.667. The van der Waals surface area contributed by atoms with Crippen molar-refractivity contribution < 1.29 is 4.79 Å². The Morgan fingerprint density at radius 2 is 2.07 bits per heavy atom. The Kier molecular flexibility index (Phi) is 3.07. The van der Waals surface area contributed by atoms with Crippen LogP contribution in [0.3, 0.4) is 0 Å². The third-order valence-corrected chi connectivity index (χ3v) is 4.18. The number of thioether (sulfide) groups is 1. The molecule has 0 saturated carbocycles. The monoisotopic (exact) mass is 237 g/mol. The zero-order valence-electron chi connectivity index (χ0n) is 8.34. The van der Waals surface area contributed by atoms with E-state index in [9.17, 15) is 4.79 Å². The lowest BCUT2D eigenvalue weighted by Gasteiger charge is -2.28. The molecule has 15 heavy (non-hydrogen) atoms. The van der Waals surface area contributed by atoms with Gasteiger partial charge in [0.2, 0.25) is 5.91 Å². The molecule has 0 bridgehead atoms. The Morgan fingerprint density at radius 1 is 1.40 bits per heavy atom. The second-order valence-corrected chi connectivity index (χ2v) is 5.28. The van der Waals surface area contributed by atoms with Crippen LogP contribution in [-0.4, -0.2) is 22.2 Å². The van der Waals surface area contributed by atoms with Gasteiger partial charge in [-0.3, -0.25) is 4.79 Å². The van der Waals surface area contributed by atoms with Gasteiger partial charge in [-0.2, -0.15) is 0 Å². The van der Waals surface area contributed by atoms with E-state index in [1.807, 2.05) is 30.3 Å². The van der Waals surface area contributed by atoms with Crippen molar-refractivity contribution in [2.75, 3.05) is 7.05 Å². The summed E-state index contributed by atoms with van der Waals surface area (Å²) in [7, 11) is 1.74. The van der Waals surface area contributed by atoms with Crippen LogP contribution < -0.4 is 0 Å². The van der Waals surface area contributed by atoms with Crippen molar-refractivity contribution in [2.45, 2.75) is 11.7 Å². The predicted molar refractivity (Wildman–Crippen MR) is 66.8 cm³/mol. The third kappa shape index (κ3) is 2.21. The molecule has 1 heterocycles. The third-order valence-electron chi connectivity index (χ3n) is 2.42. The standard InChI is InChI=1S/C11H11NOS2/c1-12-10(13)7-9(15-11(12)14)8-5-3-2-4-6-8/h2-6,9H,7H2,1H3. The summed E-state index contributed by atoms with van der Waals surface area (Å²) in [5.74, 6) is 0.104. The normalized spacial score (nSPS) is 21.9. The lowest BCUT2D eigenvalue weighted by atomic mass is 10.1. The molecule has 0 aliphatic carbocycles. The van der Waals surface area contributed by atoms with Crippen LogP contribution >= 0.6 is 24.0 Å². The van der Waals surface area contributed by atoms with Gasteiger partial charge in [0, 0.05) is 18.7 Å². The number of amides is 1. The number of hydrogen-bond donors (Lipinski definition) is 0. The van der Waals surface area contributed by atoms with Crippen molar-refractivity contribution >= 4 is 34.2 Å². The summed E-state index contributed by atoms with van der Waals surface area (Å²) >= 11 is 6.74. The minimum atomic E-state index is 0.104. The van der Waals surface area contributed by atoms with E-state index < -0.39 is 0 Å². The van der Waals surface area contributed by atoms with Crippen LogP contribution in [0.15, 0.2) is 30.3 Å². The number of nitrogens with zero attached hydrogens (tertiary/aromatic N) is 1. The molecule has 0 radical (unpaired) electrons. The zero-order valence-corrected chi connectivity index (χ0v) is 9.98. The highest BCUT2D eigenvalue weighted by atomic mass is 32.2. The SMILES string of the molecule is CN1C(=O)CC(c2ccccc2)SC1=S. The molecular weight excluding hydrogens is 226 g/mol. The van der Waals surface area contributed by atoms with Gasteiger partial charge in [0.25, 0.3) is 0 Å². The quantitative estimate of drug-likeness (QED) is 0.700. The molecule has 1 atom stereocenters. The fourth-order valence-electron chi connectivity index (χ4n) is 1.49. The molecule has 1 fully saturated rings. The predicted octanol–water partition coefficient (Wildman–Crippen LogP) is 2.61. The van der Waals surface area contributed by atoms with Crippen molar-refractivity contribution in [1.29, 1.82) is 0 Å². The molecule has 0 N–H and O–H groups in total. The van der Waals surface area contributed by atoms with Crippen molar-refractivity contribution in [3.05, 3.63) is 35.9 Å². The molecule has 78 valence electrons. The first-order chi connectivity index (χ1) is 7.18. The maximum Gasteiger partial charge on any atom is 0.229 e. The molecule has 1 aliphatic heterocycles. The van der Waals surface area contributed by atoms with Crippen LogP contribution in [0.1, 0.15) is 17.2 Å². The Morgan fingerprint density at radius 3 is 2.67 bits per heavy atom. The second-order valence-electron chi connectivity index (χ2n) is 3.44. The van der Waals surface area contributed by atoms with Gasteiger partial charge < -0.3 is 4.90 Å². The fraction of sp³-hybridized carbons (Fsp3) is 0.273. The maximum atomic E-state index is 11.6. The van der Waals surface area contributed by atoms with Crippen molar-refractivity contribution in [1.82, 2.24) is 4.90 Å². The molecule has 1 aromatic rings. The van der Waals surface area contributed by atoms with Crippen LogP contribution in [-0.2, 0) is 4.79 Å². The lowest BCUT2D eigenvalue weighted by molar-refractivity contribution is -0.126. The molecule has 1 saturated heterocycles. The van der Waals surface area contributed by atoms with E-state index in [0.717, 1.165) is 0 Å². The van der Waals surface area contributed by atoms with Crippen molar-refractivity contribution in [2.24, 2.45) is 0 Å². The highest BCUT2D eigenvalue weighted by molar-refractivity contribution is 8.23. The molecule has 1 aliphatic rings. The van der Waals surface area contributed by atoms with Crippen molar-refractivity contribution in [3.63, 3.8) is 0 Å². The first kappa shape index (κ1) is 10.6. The molecule has 0 spiro atoms. The van der Waals surface area contributed by atoms with Gasteiger partial charge in [0.1, 0.15) is 4.32 Å². The molecule has 4 heteroatoms. The number of carbonyl (C=O) groups excluding carboxylic acids is 1. The van der Waals surface area contributed by atoms with E-state index in [1.165, 1.54) is 5.56 Å². The van der Waals surface area contributed by atoms with Crippen molar-refractivity contribution in [3.8, 4) is 0 Å². The zero-order chi connectivity index (χ0) is 10.8. The van der Waals surface area contributed by atoms with E-state index in [2.05, 4.69) is 0 Å². The lowest BCUT2D eigenvalue weighted by Crippen LogP contribution is -2.35. The summed E-state index contributed by atoms with van der Waals surface area (Å²) in [6.45, 7) is 0. The van der Waals surface area contributed by atoms with Gasteiger partial charge in [0.05, 0.1) is 0 Å². The average molecular weight is 237 g/mol. The van der Waals surface area contributed by atoms with E-state index in [-0.39, 0.29) is 11.2 Å². The van der Waals surface area contributed by atoms with E-state index in [0.29, 0.717) is 10.7 Å². The summed E-state index contributed by atoms with van der Waals surface area (Å²) in [4.78, 5) is 13.2. The molecule has 2 nitrogen and oxygen atoms in total. The Balaban J connectivity index is 2.20. The topological polar surface area (TPSA) is 20.3 Å². The highest BCUT2D eigenvalue weighted by Crippen LogP contribution is 2.37. The number of thiocarbonyl (C=S) groups is 1. The average Bonchev–Trinajstić information content (AvgIpc) is 2.26. The maximum absolute atomic E-state index is 11.6. The van der Waals surface area contributed by atoms with Gasteiger partial charge in [0.15, 0.2) is 0 Å². The van der Waals surface area contributed by atoms with Crippen LogP contribution in [0.4, 0.5) is 0 Å².